The first kappa shape index (κ1) is 14.8. The number of azide groups is 1. The van der Waals surface area contributed by atoms with Gasteiger partial charge in [0.25, 0.3) is 0 Å². The highest BCUT2D eigenvalue weighted by atomic mass is 19.2. The molecule has 0 heterocycles. The zero-order chi connectivity index (χ0) is 14.6. The van der Waals surface area contributed by atoms with Crippen molar-refractivity contribution in [3.05, 3.63) is 33.7 Å². The van der Waals surface area contributed by atoms with E-state index in [1.54, 1.807) is 6.92 Å². The number of carbonyl (C=O) groups is 1. The Labute approximate surface area is 105 Å². The third kappa shape index (κ3) is 2.60. The monoisotopic (exact) mass is 276 g/mol. The van der Waals surface area contributed by atoms with E-state index in [0.717, 1.165) is 0 Å². The van der Waals surface area contributed by atoms with Gasteiger partial charge in [-0.1, -0.05) is 12.0 Å². The third-order valence-corrected chi connectivity index (χ3v) is 2.24. The Morgan fingerprint density at radius 3 is 2.11 bits per heavy atom. The van der Waals surface area contributed by atoms with Gasteiger partial charge in [-0.05, 0) is 12.0 Å². The van der Waals surface area contributed by atoms with E-state index >= 15 is 0 Å². The lowest BCUT2D eigenvalue weighted by Gasteiger charge is -2.19. The van der Waals surface area contributed by atoms with Crippen LogP contribution in [-0.4, -0.2) is 13.0 Å². The molecule has 19 heavy (non-hydrogen) atoms. The van der Waals surface area contributed by atoms with Crippen molar-refractivity contribution in [2.75, 3.05) is 11.4 Å². The highest BCUT2D eigenvalue weighted by Crippen LogP contribution is 2.35. The molecule has 0 spiro atoms. The first-order chi connectivity index (χ1) is 8.99. The minimum absolute atomic E-state index is 0.0527. The number of anilines is 1. The highest BCUT2D eigenvalue weighted by Gasteiger charge is 2.27. The van der Waals surface area contributed by atoms with Crippen LogP contribution in [0.15, 0.2) is 5.11 Å². The van der Waals surface area contributed by atoms with Gasteiger partial charge in [-0.3, -0.25) is 4.79 Å². The number of nitrogens with zero attached hydrogens (tertiary/aromatic N) is 4. The van der Waals surface area contributed by atoms with E-state index in [2.05, 4.69) is 10.0 Å². The quantitative estimate of drug-likeness (QED) is 0.202. The summed E-state index contributed by atoms with van der Waals surface area (Å²) in [5.41, 5.74) is 5.51. The van der Waals surface area contributed by atoms with Crippen LogP contribution in [0, 0.1) is 23.3 Å². The molecule has 5 nitrogen and oxygen atoms in total. The molecule has 0 saturated heterocycles. The largest absolute Gasteiger partial charge is 0.310 e. The van der Waals surface area contributed by atoms with Crippen LogP contribution < -0.4 is 4.90 Å². The molecule has 0 atom stereocenters. The summed E-state index contributed by atoms with van der Waals surface area (Å²) in [5, 5.41) is 2.54. The molecule has 9 heteroatoms. The molecule has 102 valence electrons. The molecule has 0 bridgehead atoms. The lowest BCUT2D eigenvalue weighted by Crippen LogP contribution is -2.25. The van der Waals surface area contributed by atoms with Crippen LogP contribution >= 0.6 is 0 Å². The SMILES string of the molecule is CCCN(C=O)c1c(F)c(F)c(N=[N+]=[N-])c(F)c1F. The second kappa shape index (κ2) is 6.05. The van der Waals surface area contributed by atoms with Crippen molar-refractivity contribution in [1.82, 2.24) is 0 Å². The molecule has 0 fully saturated rings. The number of hydrogen-bond donors (Lipinski definition) is 0. The first-order valence-electron chi connectivity index (χ1n) is 5.12. The van der Waals surface area contributed by atoms with Crippen LogP contribution in [0.4, 0.5) is 28.9 Å². The number of benzene rings is 1. The van der Waals surface area contributed by atoms with Crippen molar-refractivity contribution in [2.45, 2.75) is 13.3 Å². The highest BCUT2D eigenvalue weighted by molar-refractivity contribution is 5.76. The molecule has 0 N–H and O–H groups in total. The molecule has 0 unspecified atom stereocenters. The summed E-state index contributed by atoms with van der Waals surface area (Å²) in [6.07, 6.45) is 0.371. The van der Waals surface area contributed by atoms with Crippen LogP contribution in [0.5, 0.6) is 0 Å². The predicted octanol–water partition coefficient (Wildman–Crippen LogP) is 3.56. The smallest absolute Gasteiger partial charge is 0.214 e. The number of rotatable bonds is 5. The molecule has 0 aliphatic rings. The fourth-order valence-electron chi connectivity index (χ4n) is 1.45. The minimum Gasteiger partial charge on any atom is -0.310 e. The lowest BCUT2D eigenvalue weighted by atomic mass is 10.2. The molecule has 0 radical (unpaired) electrons. The van der Waals surface area contributed by atoms with Gasteiger partial charge < -0.3 is 4.90 Å². The Balaban J connectivity index is 3.59. The van der Waals surface area contributed by atoms with Crippen LogP contribution in [0.1, 0.15) is 13.3 Å². The maximum Gasteiger partial charge on any atom is 0.214 e. The summed E-state index contributed by atoms with van der Waals surface area (Å²) >= 11 is 0. The van der Waals surface area contributed by atoms with Crippen LogP contribution in [0.2, 0.25) is 0 Å². The Hall–Kier alpha value is -2.28. The maximum atomic E-state index is 13.6. The Kier molecular flexibility index (Phi) is 4.71. The van der Waals surface area contributed by atoms with Crippen molar-refractivity contribution in [2.24, 2.45) is 5.11 Å². The van der Waals surface area contributed by atoms with Crippen molar-refractivity contribution in [3.63, 3.8) is 0 Å². The third-order valence-electron chi connectivity index (χ3n) is 2.24. The van der Waals surface area contributed by atoms with Crippen molar-refractivity contribution in [1.29, 1.82) is 0 Å². The van der Waals surface area contributed by atoms with Gasteiger partial charge in [-0.2, -0.15) is 0 Å². The summed E-state index contributed by atoms with van der Waals surface area (Å²) in [4.78, 5) is 13.3. The van der Waals surface area contributed by atoms with Crippen molar-refractivity contribution < 1.29 is 22.4 Å². The van der Waals surface area contributed by atoms with E-state index in [4.69, 9.17) is 5.53 Å². The molecule has 0 aromatic heterocycles. The fourth-order valence-corrected chi connectivity index (χ4v) is 1.45. The summed E-state index contributed by atoms with van der Waals surface area (Å²) in [6, 6.07) is 0. The normalized spacial score (nSPS) is 9.95. The van der Waals surface area contributed by atoms with Gasteiger partial charge in [0.1, 0.15) is 11.4 Å². The van der Waals surface area contributed by atoms with Gasteiger partial charge >= 0.3 is 0 Å². The fraction of sp³-hybridized carbons (Fsp3) is 0.300. The predicted molar refractivity (Wildman–Crippen MR) is 58.8 cm³/mol. The number of halogens is 4. The summed E-state index contributed by atoms with van der Waals surface area (Å²) in [5.74, 6) is -7.28. The van der Waals surface area contributed by atoms with Crippen molar-refractivity contribution >= 4 is 17.8 Å². The summed E-state index contributed by atoms with van der Waals surface area (Å²) in [6.45, 7) is 1.48. The topological polar surface area (TPSA) is 69.1 Å². The second-order valence-electron chi connectivity index (χ2n) is 3.44. The van der Waals surface area contributed by atoms with Gasteiger partial charge in [0.2, 0.25) is 6.41 Å². The average Bonchev–Trinajstić information content (AvgIpc) is 2.40. The van der Waals surface area contributed by atoms with E-state index in [-0.39, 0.29) is 13.0 Å². The number of hydrogen-bond acceptors (Lipinski definition) is 2. The number of carbonyl (C=O) groups excluding carboxylic acids is 1. The van der Waals surface area contributed by atoms with Crippen molar-refractivity contribution in [3.8, 4) is 0 Å². The average molecular weight is 276 g/mol. The maximum absolute atomic E-state index is 13.6. The van der Waals surface area contributed by atoms with E-state index in [1.165, 1.54) is 0 Å². The molecule has 0 saturated carbocycles. The number of amides is 1. The Bertz CT molecular complexity index is 528. The zero-order valence-corrected chi connectivity index (χ0v) is 9.70. The standard InChI is InChI=1S/C10H8F4N4O/c1-2-3-18(4-19)10-7(13)5(11)9(16-17-15)6(12)8(10)14/h4H,2-3H2,1H3. The van der Waals surface area contributed by atoms with E-state index in [9.17, 15) is 22.4 Å². The van der Waals surface area contributed by atoms with E-state index in [0.29, 0.717) is 11.3 Å². The molecule has 1 amide bonds. The molecule has 1 rings (SSSR count). The molecule has 0 aliphatic heterocycles. The lowest BCUT2D eigenvalue weighted by molar-refractivity contribution is -0.107. The Morgan fingerprint density at radius 1 is 1.21 bits per heavy atom. The molecular formula is C10H8F4N4O. The zero-order valence-electron chi connectivity index (χ0n) is 9.70. The van der Waals surface area contributed by atoms with Gasteiger partial charge in [0.05, 0.1) is 0 Å². The van der Waals surface area contributed by atoms with E-state index < -0.39 is 34.6 Å². The Morgan fingerprint density at radius 2 is 1.74 bits per heavy atom. The second-order valence-corrected chi connectivity index (χ2v) is 3.44. The van der Waals surface area contributed by atoms with Gasteiger partial charge in [0.15, 0.2) is 23.3 Å². The summed E-state index contributed by atoms with van der Waals surface area (Å²) < 4.78 is 54.1. The van der Waals surface area contributed by atoms with Gasteiger partial charge in [0, 0.05) is 11.5 Å². The molecule has 1 aromatic rings. The molecule has 1 aromatic carbocycles. The van der Waals surface area contributed by atoms with Crippen LogP contribution in [0.25, 0.3) is 10.4 Å². The van der Waals surface area contributed by atoms with E-state index in [1.807, 2.05) is 0 Å². The van der Waals surface area contributed by atoms with Crippen LogP contribution in [0.3, 0.4) is 0 Å². The van der Waals surface area contributed by atoms with Gasteiger partial charge in [-0.25, -0.2) is 17.6 Å². The molecule has 0 aliphatic carbocycles. The molecular weight excluding hydrogens is 268 g/mol. The van der Waals surface area contributed by atoms with Crippen LogP contribution in [-0.2, 0) is 4.79 Å². The summed E-state index contributed by atoms with van der Waals surface area (Å²) in [7, 11) is 0. The first-order valence-corrected chi connectivity index (χ1v) is 5.12. The van der Waals surface area contributed by atoms with Gasteiger partial charge in [-0.15, -0.1) is 0 Å². The minimum atomic E-state index is -1.85.